The highest BCUT2D eigenvalue weighted by Gasteiger charge is 2.19. The zero-order valence-electron chi connectivity index (χ0n) is 14.3. The second-order valence-electron chi connectivity index (χ2n) is 6.05. The number of rotatable bonds is 4. The van der Waals surface area contributed by atoms with E-state index < -0.39 is 17.5 Å². The topological polar surface area (TPSA) is 65.4 Å². The number of aryl methyl sites for hydroxylation is 1. The summed E-state index contributed by atoms with van der Waals surface area (Å²) >= 11 is 0. The van der Waals surface area contributed by atoms with E-state index in [2.05, 4.69) is 10.4 Å². The fourth-order valence-corrected chi connectivity index (χ4v) is 2.82. The van der Waals surface area contributed by atoms with Crippen LogP contribution in [0.5, 0.6) is 11.5 Å². The predicted octanol–water partition coefficient (Wildman–Crippen LogP) is 3.12. The maximum atomic E-state index is 13.9. The molecule has 27 heavy (non-hydrogen) atoms. The highest BCUT2D eigenvalue weighted by atomic mass is 19.1. The molecular weight excluding hydrogens is 356 g/mol. The Labute approximate surface area is 153 Å². The average Bonchev–Trinajstić information content (AvgIpc) is 3.25. The largest absolute Gasteiger partial charge is 0.454 e. The van der Waals surface area contributed by atoms with Crippen LogP contribution in [0.15, 0.2) is 42.6 Å². The number of halogens is 2. The number of nitrogens with zero attached hydrogens (tertiary/aromatic N) is 2. The maximum absolute atomic E-state index is 13.9. The van der Waals surface area contributed by atoms with Gasteiger partial charge >= 0.3 is 0 Å². The van der Waals surface area contributed by atoms with Gasteiger partial charge in [0.2, 0.25) is 6.79 Å². The highest BCUT2D eigenvalue weighted by molar-refractivity contribution is 5.93. The van der Waals surface area contributed by atoms with Gasteiger partial charge in [-0.3, -0.25) is 4.79 Å². The van der Waals surface area contributed by atoms with E-state index in [1.165, 1.54) is 12.3 Å². The first kappa shape index (κ1) is 17.0. The first-order chi connectivity index (χ1) is 13.0. The van der Waals surface area contributed by atoms with Gasteiger partial charge in [-0.1, -0.05) is 12.1 Å². The van der Waals surface area contributed by atoms with Gasteiger partial charge in [0.05, 0.1) is 0 Å². The molecule has 0 aliphatic carbocycles. The molecule has 138 valence electrons. The van der Waals surface area contributed by atoms with Crippen LogP contribution in [0.25, 0.3) is 5.69 Å². The molecule has 6 nitrogen and oxygen atoms in total. The molecule has 0 bridgehead atoms. The Morgan fingerprint density at radius 3 is 2.70 bits per heavy atom. The van der Waals surface area contributed by atoms with Crippen LogP contribution >= 0.6 is 0 Å². The molecule has 0 unspecified atom stereocenters. The molecule has 0 spiro atoms. The van der Waals surface area contributed by atoms with Gasteiger partial charge in [-0.15, -0.1) is 0 Å². The number of ether oxygens (including phenoxy) is 2. The Morgan fingerprint density at radius 1 is 1.19 bits per heavy atom. The molecule has 3 aromatic rings. The quantitative estimate of drug-likeness (QED) is 0.765. The number of carbonyl (C=O) groups excluding carboxylic acids is 1. The van der Waals surface area contributed by atoms with Crippen molar-refractivity contribution in [2.45, 2.75) is 13.5 Å². The van der Waals surface area contributed by atoms with E-state index in [0.29, 0.717) is 17.1 Å². The Bertz CT molecular complexity index is 1010. The molecule has 2 heterocycles. The van der Waals surface area contributed by atoms with Gasteiger partial charge in [0.1, 0.15) is 5.69 Å². The number of para-hydroxylation sites is 1. The normalized spacial score (nSPS) is 12.3. The molecule has 8 heteroatoms. The average molecular weight is 371 g/mol. The summed E-state index contributed by atoms with van der Waals surface area (Å²) in [6.07, 6.45) is 1.41. The second kappa shape index (κ2) is 6.71. The van der Waals surface area contributed by atoms with Crippen LogP contribution in [0.2, 0.25) is 0 Å². The first-order valence-corrected chi connectivity index (χ1v) is 8.20. The van der Waals surface area contributed by atoms with Crippen LogP contribution in [0, 0.1) is 18.6 Å². The number of aromatic nitrogens is 2. The lowest BCUT2D eigenvalue weighted by Crippen LogP contribution is -2.24. The van der Waals surface area contributed by atoms with Gasteiger partial charge in [0.25, 0.3) is 5.91 Å². The number of amides is 1. The minimum atomic E-state index is -0.759. The van der Waals surface area contributed by atoms with Crippen molar-refractivity contribution < 1.29 is 23.0 Å². The second-order valence-corrected chi connectivity index (χ2v) is 6.05. The van der Waals surface area contributed by atoms with Crippen LogP contribution in [-0.4, -0.2) is 22.5 Å². The third kappa shape index (κ3) is 3.21. The van der Waals surface area contributed by atoms with Crippen molar-refractivity contribution in [2.24, 2.45) is 0 Å². The lowest BCUT2D eigenvalue weighted by molar-refractivity contribution is 0.0944. The molecular formula is C19H15F2N3O3. The standard InChI is InChI=1S/C19H15F2N3O3/c1-11-9-24(18-13(20)3-2-4-14(18)21)23-17(11)19(25)22-8-12-5-6-15-16(7-12)27-10-26-15/h2-7,9H,8,10H2,1H3,(H,22,25). The molecule has 2 aromatic carbocycles. The predicted molar refractivity (Wildman–Crippen MR) is 92.0 cm³/mol. The fraction of sp³-hybridized carbons (Fsp3) is 0.158. The van der Waals surface area contributed by atoms with Crippen LogP contribution < -0.4 is 14.8 Å². The number of fused-ring (bicyclic) bond motifs is 1. The van der Waals surface area contributed by atoms with E-state index in [9.17, 15) is 13.6 Å². The van der Waals surface area contributed by atoms with Gasteiger partial charge in [0, 0.05) is 18.3 Å². The highest BCUT2D eigenvalue weighted by Crippen LogP contribution is 2.32. The summed E-state index contributed by atoms with van der Waals surface area (Å²) in [5.74, 6) is -0.681. The lowest BCUT2D eigenvalue weighted by Gasteiger charge is -2.06. The zero-order chi connectivity index (χ0) is 19.0. The summed E-state index contributed by atoms with van der Waals surface area (Å²) in [4.78, 5) is 12.5. The van der Waals surface area contributed by atoms with Gasteiger partial charge in [0.15, 0.2) is 28.8 Å². The number of hydrogen-bond donors (Lipinski definition) is 1. The van der Waals surface area contributed by atoms with Crippen molar-refractivity contribution >= 4 is 5.91 Å². The minimum Gasteiger partial charge on any atom is -0.454 e. The van der Waals surface area contributed by atoms with Crippen molar-refractivity contribution in [3.8, 4) is 17.2 Å². The van der Waals surface area contributed by atoms with Gasteiger partial charge < -0.3 is 14.8 Å². The molecule has 0 atom stereocenters. The molecule has 1 aliphatic rings. The summed E-state index contributed by atoms with van der Waals surface area (Å²) in [6.45, 7) is 2.07. The smallest absolute Gasteiger partial charge is 0.272 e. The number of carbonyl (C=O) groups is 1. The summed E-state index contributed by atoms with van der Waals surface area (Å²) in [5.41, 5.74) is 1.10. The van der Waals surface area contributed by atoms with Crippen molar-refractivity contribution in [1.82, 2.24) is 15.1 Å². The van der Waals surface area contributed by atoms with Crippen LogP contribution in [0.3, 0.4) is 0 Å². The molecule has 4 rings (SSSR count). The van der Waals surface area contributed by atoms with Gasteiger partial charge in [-0.2, -0.15) is 5.10 Å². The van der Waals surface area contributed by atoms with Crippen molar-refractivity contribution in [2.75, 3.05) is 6.79 Å². The molecule has 0 saturated heterocycles. The summed E-state index contributed by atoms with van der Waals surface area (Å²) in [6, 6.07) is 8.90. The molecule has 0 saturated carbocycles. The lowest BCUT2D eigenvalue weighted by atomic mass is 10.2. The van der Waals surface area contributed by atoms with Crippen molar-refractivity contribution in [3.05, 3.63) is 71.1 Å². The van der Waals surface area contributed by atoms with E-state index in [-0.39, 0.29) is 24.7 Å². The van der Waals surface area contributed by atoms with E-state index in [4.69, 9.17) is 9.47 Å². The van der Waals surface area contributed by atoms with E-state index in [1.807, 2.05) is 6.07 Å². The summed E-state index contributed by atoms with van der Waals surface area (Å²) < 4.78 is 39.5. The Hall–Kier alpha value is -3.42. The number of hydrogen-bond acceptors (Lipinski definition) is 4. The Kier molecular flexibility index (Phi) is 4.23. The molecule has 1 aromatic heterocycles. The van der Waals surface area contributed by atoms with Crippen LogP contribution in [-0.2, 0) is 6.54 Å². The Balaban J connectivity index is 1.52. The molecule has 1 aliphatic heterocycles. The van der Waals surface area contributed by atoms with Crippen molar-refractivity contribution in [3.63, 3.8) is 0 Å². The molecule has 1 N–H and O–H groups in total. The van der Waals surface area contributed by atoms with Gasteiger partial charge in [-0.25, -0.2) is 13.5 Å². The zero-order valence-corrected chi connectivity index (χ0v) is 14.3. The summed E-state index contributed by atoms with van der Waals surface area (Å²) in [7, 11) is 0. The van der Waals surface area contributed by atoms with Crippen LogP contribution in [0.1, 0.15) is 21.6 Å². The summed E-state index contributed by atoms with van der Waals surface area (Å²) in [5, 5.41) is 6.79. The van der Waals surface area contributed by atoms with Gasteiger partial charge in [-0.05, 0) is 36.8 Å². The molecule has 0 fully saturated rings. The Morgan fingerprint density at radius 2 is 1.93 bits per heavy atom. The third-order valence-electron chi connectivity index (χ3n) is 4.17. The number of benzene rings is 2. The van der Waals surface area contributed by atoms with E-state index in [0.717, 1.165) is 22.4 Å². The molecule has 0 radical (unpaired) electrons. The fourth-order valence-electron chi connectivity index (χ4n) is 2.82. The number of nitrogens with one attached hydrogen (secondary N) is 1. The minimum absolute atomic E-state index is 0.0957. The first-order valence-electron chi connectivity index (χ1n) is 8.20. The maximum Gasteiger partial charge on any atom is 0.272 e. The third-order valence-corrected chi connectivity index (χ3v) is 4.17. The monoisotopic (exact) mass is 371 g/mol. The van der Waals surface area contributed by atoms with Crippen molar-refractivity contribution in [1.29, 1.82) is 0 Å². The van der Waals surface area contributed by atoms with Crippen LogP contribution in [0.4, 0.5) is 8.78 Å². The molecule has 1 amide bonds. The van der Waals surface area contributed by atoms with E-state index >= 15 is 0 Å². The van der Waals surface area contributed by atoms with E-state index in [1.54, 1.807) is 19.1 Å². The SMILES string of the molecule is Cc1cn(-c2c(F)cccc2F)nc1C(=O)NCc1ccc2c(c1)OCO2.